The van der Waals surface area contributed by atoms with Crippen LogP contribution in [0.4, 0.5) is 0 Å². The van der Waals surface area contributed by atoms with Gasteiger partial charge in [0.1, 0.15) is 0 Å². The average molecular weight is 240 g/mol. The Balaban J connectivity index is 3.17. The van der Waals surface area contributed by atoms with Gasteiger partial charge in [-0.3, -0.25) is 0 Å². The number of aliphatic hydroxyl groups excluding tert-OH is 1. The SMILES string of the molecule is COCc1ccc(CC(C)O)c(OC)c1OC. The van der Waals surface area contributed by atoms with Gasteiger partial charge >= 0.3 is 0 Å². The van der Waals surface area contributed by atoms with Crippen LogP contribution < -0.4 is 9.47 Å². The highest BCUT2D eigenvalue weighted by Crippen LogP contribution is 2.35. The van der Waals surface area contributed by atoms with Gasteiger partial charge in [0.05, 0.1) is 26.9 Å². The monoisotopic (exact) mass is 240 g/mol. The molecule has 0 saturated carbocycles. The second-order valence-corrected chi connectivity index (χ2v) is 3.94. The van der Waals surface area contributed by atoms with E-state index < -0.39 is 6.10 Å². The molecule has 96 valence electrons. The molecule has 0 aliphatic heterocycles. The van der Waals surface area contributed by atoms with E-state index >= 15 is 0 Å². The second kappa shape index (κ2) is 6.47. The zero-order chi connectivity index (χ0) is 12.8. The zero-order valence-electron chi connectivity index (χ0n) is 10.8. The fraction of sp³-hybridized carbons (Fsp3) is 0.538. The Hall–Kier alpha value is -1.26. The molecule has 0 aliphatic carbocycles. The van der Waals surface area contributed by atoms with Gasteiger partial charge in [-0.05, 0) is 6.92 Å². The molecule has 4 heteroatoms. The molecule has 0 spiro atoms. The number of hydrogen-bond acceptors (Lipinski definition) is 4. The number of ether oxygens (including phenoxy) is 3. The van der Waals surface area contributed by atoms with Crippen LogP contribution in [-0.2, 0) is 17.8 Å². The molecular weight excluding hydrogens is 220 g/mol. The maximum atomic E-state index is 9.44. The lowest BCUT2D eigenvalue weighted by Gasteiger charge is -2.17. The molecule has 4 nitrogen and oxygen atoms in total. The molecule has 1 aromatic rings. The van der Waals surface area contributed by atoms with Crippen molar-refractivity contribution in [3.8, 4) is 11.5 Å². The predicted molar refractivity (Wildman–Crippen MR) is 65.6 cm³/mol. The van der Waals surface area contributed by atoms with Gasteiger partial charge in [0.25, 0.3) is 0 Å². The minimum absolute atomic E-state index is 0.415. The number of benzene rings is 1. The number of methoxy groups -OCH3 is 3. The maximum absolute atomic E-state index is 9.44. The fourth-order valence-electron chi connectivity index (χ4n) is 1.84. The Morgan fingerprint density at radius 1 is 1.06 bits per heavy atom. The summed E-state index contributed by atoms with van der Waals surface area (Å²) in [6, 6.07) is 3.87. The Bertz CT molecular complexity index is 361. The van der Waals surface area contributed by atoms with E-state index in [9.17, 15) is 5.11 Å². The summed E-state index contributed by atoms with van der Waals surface area (Å²) in [5.74, 6) is 1.34. The van der Waals surface area contributed by atoms with Crippen LogP contribution >= 0.6 is 0 Å². The van der Waals surface area contributed by atoms with Crippen LogP contribution in [0.3, 0.4) is 0 Å². The lowest BCUT2D eigenvalue weighted by Crippen LogP contribution is -2.07. The van der Waals surface area contributed by atoms with Crippen LogP contribution in [0.15, 0.2) is 12.1 Å². The number of hydrogen-bond donors (Lipinski definition) is 1. The van der Waals surface area contributed by atoms with E-state index in [0.29, 0.717) is 24.5 Å². The summed E-state index contributed by atoms with van der Waals surface area (Å²) in [4.78, 5) is 0. The zero-order valence-corrected chi connectivity index (χ0v) is 10.8. The van der Waals surface area contributed by atoms with Crippen LogP contribution in [0.2, 0.25) is 0 Å². The normalized spacial score (nSPS) is 12.3. The summed E-state index contributed by atoms with van der Waals surface area (Å²) < 4.78 is 15.8. The molecule has 0 aromatic heterocycles. The summed E-state index contributed by atoms with van der Waals surface area (Å²) >= 11 is 0. The minimum atomic E-state index is -0.415. The van der Waals surface area contributed by atoms with Crippen molar-refractivity contribution in [3.63, 3.8) is 0 Å². The summed E-state index contributed by atoms with van der Waals surface area (Å²) in [6.07, 6.45) is 0.120. The van der Waals surface area contributed by atoms with Crippen molar-refractivity contribution < 1.29 is 19.3 Å². The summed E-state index contributed by atoms with van der Waals surface area (Å²) in [7, 11) is 4.83. The van der Waals surface area contributed by atoms with Gasteiger partial charge < -0.3 is 19.3 Å². The largest absolute Gasteiger partial charge is 0.493 e. The molecule has 17 heavy (non-hydrogen) atoms. The Morgan fingerprint density at radius 3 is 2.06 bits per heavy atom. The first-order valence-corrected chi connectivity index (χ1v) is 5.53. The van der Waals surface area contributed by atoms with Gasteiger partial charge in [-0.15, -0.1) is 0 Å². The first kappa shape index (κ1) is 13.8. The summed E-state index contributed by atoms with van der Waals surface area (Å²) in [5.41, 5.74) is 1.86. The molecule has 0 bridgehead atoms. The third-order valence-electron chi connectivity index (χ3n) is 2.50. The van der Waals surface area contributed by atoms with Crippen molar-refractivity contribution in [2.45, 2.75) is 26.1 Å². The van der Waals surface area contributed by atoms with E-state index in [4.69, 9.17) is 14.2 Å². The van der Waals surface area contributed by atoms with Gasteiger partial charge in [0, 0.05) is 24.7 Å². The van der Waals surface area contributed by atoms with Crippen molar-refractivity contribution in [2.75, 3.05) is 21.3 Å². The van der Waals surface area contributed by atoms with Crippen molar-refractivity contribution in [1.29, 1.82) is 0 Å². The smallest absolute Gasteiger partial charge is 0.166 e. The molecule has 0 radical (unpaired) electrons. The number of rotatable bonds is 6. The van der Waals surface area contributed by atoms with Crippen molar-refractivity contribution in [2.24, 2.45) is 0 Å². The molecule has 1 unspecified atom stereocenters. The van der Waals surface area contributed by atoms with E-state index in [1.54, 1.807) is 28.3 Å². The summed E-state index contributed by atoms with van der Waals surface area (Å²) in [5, 5.41) is 9.44. The van der Waals surface area contributed by atoms with E-state index in [1.807, 2.05) is 12.1 Å². The lowest BCUT2D eigenvalue weighted by atomic mass is 10.0. The van der Waals surface area contributed by atoms with Crippen LogP contribution in [0.5, 0.6) is 11.5 Å². The molecule has 0 aliphatic rings. The Morgan fingerprint density at radius 2 is 1.59 bits per heavy atom. The van der Waals surface area contributed by atoms with E-state index in [-0.39, 0.29) is 0 Å². The van der Waals surface area contributed by atoms with Crippen LogP contribution in [0, 0.1) is 0 Å². The van der Waals surface area contributed by atoms with Crippen molar-refractivity contribution in [3.05, 3.63) is 23.3 Å². The van der Waals surface area contributed by atoms with Gasteiger partial charge in [0.15, 0.2) is 11.5 Å². The number of aliphatic hydroxyl groups is 1. The average Bonchev–Trinajstić information content (AvgIpc) is 2.30. The minimum Gasteiger partial charge on any atom is -0.493 e. The predicted octanol–water partition coefficient (Wildman–Crippen LogP) is 1.77. The molecule has 1 N–H and O–H groups in total. The fourth-order valence-corrected chi connectivity index (χ4v) is 1.84. The van der Waals surface area contributed by atoms with E-state index in [0.717, 1.165) is 11.1 Å². The van der Waals surface area contributed by atoms with Gasteiger partial charge in [0.2, 0.25) is 0 Å². The van der Waals surface area contributed by atoms with Crippen LogP contribution in [0.1, 0.15) is 18.1 Å². The van der Waals surface area contributed by atoms with Crippen molar-refractivity contribution in [1.82, 2.24) is 0 Å². The lowest BCUT2D eigenvalue weighted by molar-refractivity contribution is 0.180. The quantitative estimate of drug-likeness (QED) is 0.823. The maximum Gasteiger partial charge on any atom is 0.166 e. The highest BCUT2D eigenvalue weighted by Gasteiger charge is 2.15. The molecule has 0 fully saturated rings. The molecule has 1 rings (SSSR count). The van der Waals surface area contributed by atoms with E-state index in [2.05, 4.69) is 0 Å². The third-order valence-corrected chi connectivity index (χ3v) is 2.50. The first-order valence-electron chi connectivity index (χ1n) is 5.53. The standard InChI is InChI=1S/C13H20O4/c1-9(14)7-10-5-6-11(8-15-2)13(17-4)12(10)16-3/h5-6,9,14H,7-8H2,1-4H3. The molecule has 1 atom stereocenters. The second-order valence-electron chi connectivity index (χ2n) is 3.94. The molecule has 0 amide bonds. The third kappa shape index (κ3) is 3.35. The Kier molecular flexibility index (Phi) is 5.25. The highest BCUT2D eigenvalue weighted by molar-refractivity contribution is 5.52. The van der Waals surface area contributed by atoms with Crippen molar-refractivity contribution >= 4 is 0 Å². The molecular formula is C13H20O4. The highest BCUT2D eigenvalue weighted by atomic mass is 16.5. The topological polar surface area (TPSA) is 47.9 Å². The molecule has 0 heterocycles. The van der Waals surface area contributed by atoms with Crippen LogP contribution in [-0.4, -0.2) is 32.5 Å². The Labute approximate surface area is 102 Å². The molecule has 0 saturated heterocycles. The molecule has 1 aromatic carbocycles. The van der Waals surface area contributed by atoms with Crippen LogP contribution in [0.25, 0.3) is 0 Å². The van der Waals surface area contributed by atoms with Gasteiger partial charge in [-0.1, -0.05) is 12.1 Å². The summed E-state index contributed by atoms with van der Waals surface area (Å²) in [6.45, 7) is 2.21. The van der Waals surface area contributed by atoms with E-state index in [1.165, 1.54) is 0 Å². The van der Waals surface area contributed by atoms with Gasteiger partial charge in [-0.25, -0.2) is 0 Å². The van der Waals surface area contributed by atoms with Gasteiger partial charge in [-0.2, -0.15) is 0 Å². The first-order chi connectivity index (χ1) is 8.13.